The van der Waals surface area contributed by atoms with Crippen molar-refractivity contribution < 1.29 is 40.8 Å². The second-order valence-corrected chi connectivity index (χ2v) is 10.6. The van der Waals surface area contributed by atoms with Gasteiger partial charge in [-0.05, 0) is 24.3 Å². The minimum absolute atomic E-state index is 0. The number of carbonyl (C=O) groups excluding carboxylic acids is 1. The van der Waals surface area contributed by atoms with E-state index in [0.717, 1.165) is 36.0 Å². The number of hydrogen-bond acceptors (Lipinski definition) is 7. The van der Waals surface area contributed by atoms with Crippen molar-refractivity contribution in [3.63, 3.8) is 0 Å². The number of nitrogens with zero attached hydrogens (tertiary/aromatic N) is 3. The van der Waals surface area contributed by atoms with E-state index in [2.05, 4.69) is 10.1 Å². The molecule has 9 heteroatoms. The summed E-state index contributed by atoms with van der Waals surface area (Å²) < 4.78 is 18.5. The first-order valence-corrected chi connectivity index (χ1v) is 13.1. The molecule has 0 radical (unpaired) electrons. The molecule has 4 aliphatic heterocycles. The van der Waals surface area contributed by atoms with Gasteiger partial charge in [0.25, 0.3) is 5.89 Å². The number of hydrogen-bond donors (Lipinski definition) is 1. The van der Waals surface area contributed by atoms with Gasteiger partial charge in [0.1, 0.15) is 24.6 Å². The Hall–Kier alpha value is -3.72. The predicted octanol–water partition coefficient (Wildman–Crippen LogP) is 1.43. The zero-order valence-electron chi connectivity index (χ0n) is 21.2. The fraction of sp³-hybridized carbons (Fsp3) is 0.300. The normalized spacial score (nSPS) is 24.0. The first kappa shape index (κ1) is 25.6. The molecule has 0 spiro atoms. The molecule has 1 N–H and O–H groups in total. The minimum atomic E-state index is -1.94. The fourth-order valence-corrected chi connectivity index (χ4v) is 6.31. The van der Waals surface area contributed by atoms with Crippen molar-refractivity contribution in [1.82, 2.24) is 10.1 Å². The summed E-state index contributed by atoms with van der Waals surface area (Å²) in [6.07, 6.45) is 1.57. The van der Waals surface area contributed by atoms with E-state index in [-0.39, 0.29) is 24.4 Å². The Morgan fingerprint density at radius 1 is 0.949 bits per heavy atom. The number of piperidine rings is 3. The largest absolute Gasteiger partial charge is 1.00 e. The second kappa shape index (κ2) is 9.79. The summed E-state index contributed by atoms with van der Waals surface area (Å²) in [7, 11) is 0. The zero-order chi connectivity index (χ0) is 25.7. The van der Waals surface area contributed by atoms with E-state index >= 15 is 0 Å². The van der Waals surface area contributed by atoms with Gasteiger partial charge in [-0.2, -0.15) is 4.98 Å². The van der Waals surface area contributed by atoms with Crippen LogP contribution in [-0.4, -0.2) is 51.4 Å². The molecule has 200 valence electrons. The molecule has 0 unspecified atom stereocenters. The molecule has 39 heavy (non-hydrogen) atoms. The number of aromatic nitrogens is 2. The van der Waals surface area contributed by atoms with Crippen LogP contribution in [0.5, 0.6) is 11.5 Å². The van der Waals surface area contributed by atoms with Gasteiger partial charge in [0.2, 0.25) is 11.4 Å². The van der Waals surface area contributed by atoms with E-state index in [4.69, 9.17) is 14.0 Å². The number of para-hydroxylation sites is 2. The quantitative estimate of drug-likeness (QED) is 0.299. The van der Waals surface area contributed by atoms with Gasteiger partial charge in [-0.3, -0.25) is 0 Å². The molecule has 0 aliphatic carbocycles. The third-order valence-electron chi connectivity index (χ3n) is 8.33. The van der Waals surface area contributed by atoms with Gasteiger partial charge < -0.3 is 36.0 Å². The first-order chi connectivity index (χ1) is 18.5. The number of carbonyl (C=O) groups is 1. The molecule has 3 aromatic carbocycles. The molecule has 3 saturated heterocycles. The highest BCUT2D eigenvalue weighted by Crippen LogP contribution is 2.48. The number of benzene rings is 3. The van der Waals surface area contributed by atoms with Crippen LogP contribution in [0.2, 0.25) is 0 Å². The van der Waals surface area contributed by atoms with Crippen molar-refractivity contribution in [2.45, 2.75) is 31.1 Å². The predicted molar refractivity (Wildman–Crippen MR) is 137 cm³/mol. The average molecular weight is 546 g/mol. The van der Waals surface area contributed by atoms with E-state index in [1.54, 1.807) is 36.4 Å². The summed E-state index contributed by atoms with van der Waals surface area (Å²) in [5.74, 6) is 1.67. The molecule has 4 aromatic rings. The van der Waals surface area contributed by atoms with Gasteiger partial charge in [-0.25, -0.2) is 4.79 Å². The molecule has 2 bridgehead atoms. The van der Waals surface area contributed by atoms with Crippen molar-refractivity contribution in [2.24, 2.45) is 5.92 Å². The smallest absolute Gasteiger partial charge is 0.348 e. The van der Waals surface area contributed by atoms with Crippen LogP contribution in [0.25, 0.3) is 11.5 Å². The lowest BCUT2D eigenvalue weighted by atomic mass is 9.81. The number of quaternary nitrogens is 1. The van der Waals surface area contributed by atoms with Crippen LogP contribution in [0.4, 0.5) is 0 Å². The molecular formula is C30H28ClN3O5. The lowest BCUT2D eigenvalue weighted by Gasteiger charge is -2.51. The third-order valence-corrected chi connectivity index (χ3v) is 8.33. The molecule has 3 fully saturated rings. The molecular weight excluding hydrogens is 518 g/mol. The van der Waals surface area contributed by atoms with E-state index < -0.39 is 11.6 Å². The van der Waals surface area contributed by atoms with Crippen molar-refractivity contribution in [1.29, 1.82) is 0 Å². The van der Waals surface area contributed by atoms with Crippen LogP contribution in [-0.2, 0) is 21.7 Å². The number of rotatable bonds is 5. The molecule has 1 atom stereocenters. The average Bonchev–Trinajstić information content (AvgIpc) is 3.42. The van der Waals surface area contributed by atoms with Crippen LogP contribution in [0, 0.1) is 5.92 Å². The molecule has 8 nitrogen and oxygen atoms in total. The maximum absolute atomic E-state index is 13.8. The lowest BCUT2D eigenvalue weighted by molar-refractivity contribution is -0.958. The van der Waals surface area contributed by atoms with Crippen molar-refractivity contribution in [3.05, 3.63) is 95.8 Å². The highest BCUT2D eigenvalue weighted by Gasteiger charge is 2.53. The third kappa shape index (κ3) is 4.29. The molecule has 0 amide bonds. The monoisotopic (exact) mass is 545 g/mol. The number of ether oxygens (including phenoxy) is 2. The van der Waals surface area contributed by atoms with Gasteiger partial charge in [0.15, 0.2) is 6.10 Å². The summed E-state index contributed by atoms with van der Waals surface area (Å²) in [5.41, 5.74) is -0.260. The van der Waals surface area contributed by atoms with Crippen LogP contribution in [0.15, 0.2) is 83.4 Å². The van der Waals surface area contributed by atoms with Crippen LogP contribution in [0.3, 0.4) is 0 Å². The minimum Gasteiger partial charge on any atom is -1.00 e. The van der Waals surface area contributed by atoms with Crippen molar-refractivity contribution in [2.75, 3.05) is 19.6 Å². The SMILES string of the molecule is O=C(O[C@H]1C[N+]2(Cc3noc(-c4ccccc4)n3)CCC1CC2)C1(O)c2ccccc2Oc2ccccc21.[Cl-]. The summed E-state index contributed by atoms with van der Waals surface area (Å²) in [6, 6.07) is 23.9. The molecule has 4 aliphatic rings. The van der Waals surface area contributed by atoms with Crippen molar-refractivity contribution in [3.8, 4) is 23.0 Å². The van der Waals surface area contributed by atoms with Gasteiger partial charge in [0, 0.05) is 35.4 Å². The Balaban J connectivity index is 0.00000277. The maximum Gasteiger partial charge on any atom is 0.348 e. The standard InChI is InChI=1S/C30H28N3O5.ClH/c34-29(30(35)22-10-4-6-12-24(22)36-25-13-7-5-11-23(25)30)37-26-18-33(16-14-20(26)15-17-33)19-27-31-28(38-32-27)21-8-2-1-3-9-21;/h1-13,20,26,35H,14-19H2;1H/q+1;/p-1/t20?,26-,33?;/m0./s1. The Labute approximate surface area is 232 Å². The maximum atomic E-state index is 13.8. The number of halogens is 1. The second-order valence-electron chi connectivity index (χ2n) is 10.6. The summed E-state index contributed by atoms with van der Waals surface area (Å²) >= 11 is 0. The summed E-state index contributed by atoms with van der Waals surface area (Å²) in [6.45, 7) is 3.21. The van der Waals surface area contributed by atoms with Crippen LogP contribution < -0.4 is 17.1 Å². The highest BCUT2D eigenvalue weighted by molar-refractivity contribution is 5.88. The van der Waals surface area contributed by atoms with Gasteiger partial charge in [0.05, 0.1) is 13.1 Å². The molecule has 0 saturated carbocycles. The molecule has 1 aromatic heterocycles. The topological polar surface area (TPSA) is 94.7 Å². The molecule has 8 rings (SSSR count). The highest BCUT2D eigenvalue weighted by atomic mass is 35.5. The summed E-state index contributed by atoms with van der Waals surface area (Å²) in [4.78, 5) is 18.5. The zero-order valence-corrected chi connectivity index (χ0v) is 22.0. The molecule has 5 heterocycles. The van der Waals surface area contributed by atoms with Crippen LogP contribution >= 0.6 is 0 Å². The number of esters is 1. The van der Waals surface area contributed by atoms with Crippen LogP contribution in [0.1, 0.15) is 29.8 Å². The first-order valence-electron chi connectivity index (χ1n) is 13.1. The van der Waals surface area contributed by atoms with E-state index in [1.165, 1.54) is 0 Å². The van der Waals surface area contributed by atoms with Gasteiger partial charge in [-0.15, -0.1) is 0 Å². The van der Waals surface area contributed by atoms with E-state index in [1.807, 2.05) is 42.5 Å². The van der Waals surface area contributed by atoms with Crippen molar-refractivity contribution >= 4 is 5.97 Å². The Bertz CT molecular complexity index is 1450. The Morgan fingerprint density at radius 3 is 2.23 bits per heavy atom. The Kier molecular flexibility index (Phi) is 6.41. The van der Waals surface area contributed by atoms with E-state index in [9.17, 15) is 9.90 Å². The van der Waals surface area contributed by atoms with E-state index in [0.29, 0.717) is 47.4 Å². The Morgan fingerprint density at radius 2 is 1.56 bits per heavy atom. The number of fused-ring (bicyclic) bond motifs is 5. The fourth-order valence-electron chi connectivity index (χ4n) is 6.31. The van der Waals surface area contributed by atoms with Gasteiger partial charge >= 0.3 is 5.97 Å². The number of aliphatic hydroxyl groups is 1. The van der Waals surface area contributed by atoms with Gasteiger partial charge in [-0.1, -0.05) is 59.8 Å². The summed E-state index contributed by atoms with van der Waals surface area (Å²) in [5, 5.41) is 16.2. The lowest BCUT2D eigenvalue weighted by Crippen LogP contribution is -3.00.